The summed E-state index contributed by atoms with van der Waals surface area (Å²) in [7, 11) is 3.66. The van der Waals surface area contributed by atoms with Crippen molar-refractivity contribution in [2.75, 3.05) is 20.2 Å². The molecule has 1 aromatic rings. The Hall–Kier alpha value is -0.900. The molecule has 0 amide bonds. The average molecular weight is 464 g/mol. The highest BCUT2D eigenvalue weighted by Gasteiger charge is 2.11. The number of nitrogens with one attached hydrogen (secondary N) is 2. The molecule has 1 heterocycles. The van der Waals surface area contributed by atoms with Crippen molar-refractivity contribution >= 4 is 29.9 Å². The minimum atomic E-state index is 0. The van der Waals surface area contributed by atoms with Crippen LogP contribution in [0.2, 0.25) is 0 Å². The van der Waals surface area contributed by atoms with Gasteiger partial charge in [-0.05, 0) is 25.7 Å². The first-order valence-electron chi connectivity index (χ1n) is 9.18. The minimum Gasteiger partial charge on any atom is -0.378 e. The summed E-state index contributed by atoms with van der Waals surface area (Å²) in [4.78, 5) is 8.41. The van der Waals surface area contributed by atoms with Crippen molar-refractivity contribution < 1.29 is 4.74 Å². The Morgan fingerprint density at radius 3 is 2.64 bits per heavy atom. The predicted octanol–water partition coefficient (Wildman–Crippen LogP) is 2.62. The minimum absolute atomic E-state index is 0. The summed E-state index contributed by atoms with van der Waals surface area (Å²) in [6, 6.07) is 0. The molecule has 1 aliphatic carbocycles. The molecule has 0 unspecified atom stereocenters. The number of hydrogen-bond donors (Lipinski definition) is 2. The maximum absolute atomic E-state index is 6.01. The van der Waals surface area contributed by atoms with Crippen LogP contribution < -0.4 is 10.6 Å². The van der Waals surface area contributed by atoms with Crippen molar-refractivity contribution in [3.05, 3.63) is 12.2 Å². The Balaban J connectivity index is 0.00000312. The molecule has 7 nitrogen and oxygen atoms in total. The van der Waals surface area contributed by atoms with Crippen LogP contribution in [0, 0.1) is 0 Å². The third-order valence-electron chi connectivity index (χ3n) is 4.46. The zero-order valence-electron chi connectivity index (χ0n) is 15.5. The second-order valence-corrected chi connectivity index (χ2v) is 6.34. The van der Waals surface area contributed by atoms with Crippen molar-refractivity contribution in [3.8, 4) is 0 Å². The van der Waals surface area contributed by atoms with E-state index in [1.54, 1.807) is 18.1 Å². The summed E-state index contributed by atoms with van der Waals surface area (Å²) in [6.45, 7) is 2.38. The lowest BCUT2D eigenvalue weighted by Crippen LogP contribution is -2.37. The number of aromatic nitrogens is 3. The zero-order chi connectivity index (χ0) is 17.0. The molecule has 1 saturated carbocycles. The molecule has 1 aliphatic rings. The molecule has 0 spiro atoms. The molecule has 0 bridgehead atoms. The highest BCUT2D eigenvalue weighted by atomic mass is 127. The van der Waals surface area contributed by atoms with Crippen LogP contribution in [0.1, 0.15) is 57.2 Å². The Morgan fingerprint density at radius 2 is 2.00 bits per heavy atom. The van der Waals surface area contributed by atoms with Crippen LogP contribution >= 0.6 is 24.0 Å². The first-order chi connectivity index (χ1) is 11.8. The average Bonchev–Trinajstić information content (AvgIpc) is 2.84. The van der Waals surface area contributed by atoms with E-state index in [0.29, 0.717) is 12.6 Å². The van der Waals surface area contributed by atoms with Gasteiger partial charge < -0.3 is 15.4 Å². The highest BCUT2D eigenvalue weighted by molar-refractivity contribution is 14.0. The molecule has 0 radical (unpaired) electrons. The second kappa shape index (κ2) is 13.3. The van der Waals surface area contributed by atoms with E-state index < -0.39 is 0 Å². The number of halogens is 1. The maximum Gasteiger partial charge on any atom is 0.191 e. The van der Waals surface area contributed by atoms with Crippen LogP contribution in [0.15, 0.2) is 11.3 Å². The van der Waals surface area contributed by atoms with Crippen molar-refractivity contribution in [2.24, 2.45) is 12.0 Å². The lowest BCUT2D eigenvalue weighted by Gasteiger charge is -2.15. The quantitative estimate of drug-likeness (QED) is 0.203. The molecule has 0 aromatic carbocycles. The second-order valence-electron chi connectivity index (χ2n) is 6.34. The number of aryl methyl sites for hydroxylation is 1. The zero-order valence-corrected chi connectivity index (χ0v) is 17.9. The number of hydrogen-bond acceptors (Lipinski definition) is 4. The largest absolute Gasteiger partial charge is 0.378 e. The van der Waals surface area contributed by atoms with Crippen LogP contribution in [0.4, 0.5) is 0 Å². The Morgan fingerprint density at radius 1 is 1.24 bits per heavy atom. The topological polar surface area (TPSA) is 76.4 Å². The van der Waals surface area contributed by atoms with E-state index in [2.05, 4.69) is 25.7 Å². The molecule has 144 valence electrons. The van der Waals surface area contributed by atoms with Crippen LogP contribution in [0.5, 0.6) is 0 Å². The van der Waals surface area contributed by atoms with Gasteiger partial charge in [0.25, 0.3) is 0 Å². The first-order valence-corrected chi connectivity index (χ1v) is 9.18. The molecule has 0 saturated heterocycles. The Labute approximate surface area is 168 Å². The van der Waals surface area contributed by atoms with Crippen molar-refractivity contribution in [3.63, 3.8) is 0 Å². The number of guanidine groups is 1. The van der Waals surface area contributed by atoms with Crippen LogP contribution in [-0.4, -0.2) is 47.0 Å². The van der Waals surface area contributed by atoms with Gasteiger partial charge in [-0.1, -0.05) is 25.7 Å². The summed E-state index contributed by atoms with van der Waals surface area (Å²) in [5.74, 6) is 1.68. The molecule has 25 heavy (non-hydrogen) atoms. The number of nitrogens with zero attached hydrogens (tertiary/aromatic N) is 4. The summed E-state index contributed by atoms with van der Waals surface area (Å²) in [6.07, 6.45) is 12.1. The van der Waals surface area contributed by atoms with E-state index >= 15 is 0 Å². The lowest BCUT2D eigenvalue weighted by atomic mass is 10.1. The third-order valence-corrected chi connectivity index (χ3v) is 4.46. The molecule has 8 heteroatoms. The molecule has 0 aliphatic heterocycles. The van der Waals surface area contributed by atoms with Gasteiger partial charge in [0.1, 0.15) is 12.2 Å². The highest BCUT2D eigenvalue weighted by Crippen LogP contribution is 2.19. The van der Waals surface area contributed by atoms with Gasteiger partial charge in [-0.15, -0.1) is 24.0 Å². The number of unbranched alkanes of at least 4 members (excludes halogenated alkanes) is 1. The van der Waals surface area contributed by atoms with E-state index in [4.69, 9.17) is 4.74 Å². The van der Waals surface area contributed by atoms with Gasteiger partial charge in [-0.3, -0.25) is 9.67 Å². The number of ether oxygens (including phenoxy) is 1. The van der Waals surface area contributed by atoms with Crippen LogP contribution in [0.3, 0.4) is 0 Å². The third kappa shape index (κ3) is 8.84. The van der Waals surface area contributed by atoms with Crippen LogP contribution in [-0.2, 0) is 18.3 Å². The van der Waals surface area contributed by atoms with E-state index in [1.807, 2.05) is 7.05 Å². The Kier molecular flexibility index (Phi) is 11.8. The molecule has 2 N–H and O–H groups in total. The first kappa shape index (κ1) is 22.1. The van der Waals surface area contributed by atoms with Gasteiger partial charge in [-0.2, -0.15) is 5.10 Å². The standard InChI is InChI=1S/C17H32N6O.HI/c1-18-17(20-13-16-21-14-22-23(16)2)19-11-7-8-12-24-15-9-5-3-4-6-10-15;/h14-15H,3-13H2,1-2H3,(H2,18,19,20);1H. The summed E-state index contributed by atoms with van der Waals surface area (Å²) in [5, 5.41) is 10.6. The molecule has 0 atom stereocenters. The SMILES string of the molecule is CN=C(NCCCCOC1CCCCCC1)NCc1ncnn1C.I. The molecule has 2 rings (SSSR count). The molecule has 1 fully saturated rings. The van der Waals surface area contributed by atoms with E-state index in [1.165, 1.54) is 38.5 Å². The normalized spacial score (nSPS) is 16.2. The fourth-order valence-electron chi connectivity index (χ4n) is 2.96. The summed E-state index contributed by atoms with van der Waals surface area (Å²) < 4.78 is 7.77. The van der Waals surface area contributed by atoms with Gasteiger partial charge in [-0.25, -0.2) is 4.98 Å². The van der Waals surface area contributed by atoms with Gasteiger partial charge in [0.15, 0.2) is 5.96 Å². The predicted molar refractivity (Wildman–Crippen MR) is 111 cm³/mol. The van der Waals surface area contributed by atoms with E-state index in [0.717, 1.165) is 37.8 Å². The molecule has 1 aromatic heterocycles. The summed E-state index contributed by atoms with van der Waals surface area (Å²) in [5.41, 5.74) is 0. The number of rotatable bonds is 8. The monoisotopic (exact) mass is 464 g/mol. The fraction of sp³-hybridized carbons (Fsp3) is 0.824. The van der Waals surface area contributed by atoms with Gasteiger partial charge >= 0.3 is 0 Å². The Bertz CT molecular complexity index is 485. The van der Waals surface area contributed by atoms with Crippen molar-refractivity contribution in [2.45, 2.75) is 64.0 Å². The van der Waals surface area contributed by atoms with Crippen molar-refractivity contribution in [1.29, 1.82) is 0 Å². The lowest BCUT2D eigenvalue weighted by molar-refractivity contribution is 0.0411. The fourth-order valence-corrected chi connectivity index (χ4v) is 2.96. The number of aliphatic imine (C=N–C) groups is 1. The van der Waals surface area contributed by atoms with Gasteiger partial charge in [0.05, 0.1) is 12.6 Å². The van der Waals surface area contributed by atoms with Crippen molar-refractivity contribution in [1.82, 2.24) is 25.4 Å². The van der Waals surface area contributed by atoms with Gasteiger partial charge in [0.2, 0.25) is 0 Å². The smallest absolute Gasteiger partial charge is 0.191 e. The van der Waals surface area contributed by atoms with E-state index in [-0.39, 0.29) is 24.0 Å². The van der Waals surface area contributed by atoms with E-state index in [9.17, 15) is 0 Å². The molecular weight excluding hydrogens is 431 g/mol. The summed E-state index contributed by atoms with van der Waals surface area (Å²) >= 11 is 0. The van der Waals surface area contributed by atoms with Crippen LogP contribution in [0.25, 0.3) is 0 Å². The molecular formula is C17H33IN6O. The maximum atomic E-state index is 6.01. The van der Waals surface area contributed by atoms with Gasteiger partial charge in [0, 0.05) is 27.2 Å².